The van der Waals surface area contributed by atoms with Crippen LogP contribution in [0.2, 0.25) is 0 Å². The Bertz CT molecular complexity index is 349. The number of aromatic hydroxyl groups is 1. The van der Waals surface area contributed by atoms with Crippen LogP contribution in [0.15, 0.2) is 18.2 Å². The van der Waals surface area contributed by atoms with E-state index in [0.717, 1.165) is 12.1 Å². The lowest BCUT2D eigenvalue weighted by Gasteiger charge is -2.16. The topological polar surface area (TPSA) is 49.7 Å². The van der Waals surface area contributed by atoms with Crippen molar-refractivity contribution in [1.82, 2.24) is 0 Å². The van der Waals surface area contributed by atoms with Crippen molar-refractivity contribution in [3.63, 3.8) is 0 Å². The van der Waals surface area contributed by atoms with Gasteiger partial charge in [-0.2, -0.15) is 13.2 Å². The summed E-state index contributed by atoms with van der Waals surface area (Å²) >= 11 is 0. The average Bonchev–Trinajstić information content (AvgIpc) is 2.16. The van der Waals surface area contributed by atoms with Gasteiger partial charge in [0.2, 0.25) is 0 Å². The summed E-state index contributed by atoms with van der Waals surface area (Å²) in [4.78, 5) is 0. The van der Waals surface area contributed by atoms with Crippen molar-refractivity contribution in [1.29, 1.82) is 0 Å². The molecule has 0 spiro atoms. The minimum Gasteiger partial charge on any atom is -0.508 e. The first-order valence-electron chi connectivity index (χ1n) is 3.98. The number of ether oxygens (including phenoxy) is 1. The van der Waals surface area contributed by atoms with Crippen LogP contribution in [0.1, 0.15) is 11.7 Å². The van der Waals surface area contributed by atoms with Gasteiger partial charge in [-0.25, -0.2) is 0 Å². The lowest BCUT2D eigenvalue weighted by Crippen LogP contribution is -2.20. The minimum absolute atomic E-state index is 0.131. The molecule has 0 unspecified atom stereocenters. The zero-order valence-corrected chi connectivity index (χ0v) is 7.75. The molecule has 0 heterocycles. The highest BCUT2D eigenvalue weighted by Gasteiger charge is 2.40. The van der Waals surface area contributed by atoms with Crippen LogP contribution in [-0.2, 0) is 0 Å². The highest BCUT2D eigenvalue weighted by molar-refractivity contribution is 5.41. The van der Waals surface area contributed by atoms with E-state index >= 15 is 0 Å². The standard InChI is InChI=1S/C9H9F3O3/c1-15-5-2-3-7(13)6(4-5)8(14)9(10,11)12/h2-4,8,13-14H,1H3/t8-/m0/s1. The van der Waals surface area contributed by atoms with Crippen LogP contribution in [0.3, 0.4) is 0 Å². The maximum Gasteiger partial charge on any atom is 0.418 e. The van der Waals surface area contributed by atoms with Gasteiger partial charge in [0, 0.05) is 5.56 Å². The van der Waals surface area contributed by atoms with Gasteiger partial charge in [0.1, 0.15) is 11.5 Å². The highest BCUT2D eigenvalue weighted by atomic mass is 19.4. The SMILES string of the molecule is COc1ccc(O)c([C@H](O)C(F)(F)F)c1. The van der Waals surface area contributed by atoms with E-state index in [1.807, 2.05) is 0 Å². The van der Waals surface area contributed by atoms with Gasteiger partial charge in [0.15, 0.2) is 6.10 Å². The third-order valence-corrected chi connectivity index (χ3v) is 1.84. The van der Waals surface area contributed by atoms with Gasteiger partial charge in [0.05, 0.1) is 7.11 Å². The quantitative estimate of drug-likeness (QED) is 0.804. The molecule has 0 bridgehead atoms. The molecule has 0 saturated heterocycles. The molecule has 1 rings (SSSR count). The Labute approximate surface area is 83.7 Å². The fourth-order valence-corrected chi connectivity index (χ4v) is 1.05. The molecule has 84 valence electrons. The van der Waals surface area contributed by atoms with E-state index in [9.17, 15) is 13.2 Å². The summed E-state index contributed by atoms with van der Waals surface area (Å²) in [5, 5.41) is 18.1. The number of phenolic OH excluding ortho intramolecular Hbond substituents is 1. The van der Waals surface area contributed by atoms with E-state index in [1.54, 1.807) is 0 Å². The van der Waals surface area contributed by atoms with Gasteiger partial charge in [-0.05, 0) is 18.2 Å². The molecular weight excluding hydrogens is 213 g/mol. The number of rotatable bonds is 2. The van der Waals surface area contributed by atoms with E-state index in [1.165, 1.54) is 13.2 Å². The Morgan fingerprint density at radius 3 is 2.40 bits per heavy atom. The van der Waals surface area contributed by atoms with Crippen molar-refractivity contribution in [2.75, 3.05) is 7.11 Å². The second-order valence-electron chi connectivity index (χ2n) is 2.87. The number of methoxy groups -OCH3 is 1. The second kappa shape index (κ2) is 3.98. The number of halogens is 3. The molecule has 6 heteroatoms. The highest BCUT2D eigenvalue weighted by Crippen LogP contribution is 2.38. The zero-order valence-electron chi connectivity index (χ0n) is 7.75. The average molecular weight is 222 g/mol. The number of hydrogen-bond donors (Lipinski definition) is 2. The van der Waals surface area contributed by atoms with Crippen molar-refractivity contribution in [3.05, 3.63) is 23.8 Å². The Balaban J connectivity index is 3.12. The molecule has 0 saturated carbocycles. The third kappa shape index (κ3) is 2.53. The molecule has 1 aromatic carbocycles. The molecule has 15 heavy (non-hydrogen) atoms. The summed E-state index contributed by atoms with van der Waals surface area (Å²) in [6, 6.07) is 3.26. The number of hydrogen-bond acceptors (Lipinski definition) is 3. The Morgan fingerprint density at radius 1 is 1.33 bits per heavy atom. The minimum atomic E-state index is -4.82. The third-order valence-electron chi connectivity index (χ3n) is 1.84. The Kier molecular flexibility index (Phi) is 3.09. The van der Waals surface area contributed by atoms with Crippen molar-refractivity contribution < 1.29 is 28.1 Å². The Morgan fingerprint density at radius 2 is 1.93 bits per heavy atom. The molecule has 0 aliphatic carbocycles. The lowest BCUT2D eigenvalue weighted by atomic mass is 10.1. The van der Waals surface area contributed by atoms with Gasteiger partial charge < -0.3 is 14.9 Å². The van der Waals surface area contributed by atoms with Gasteiger partial charge in [0.25, 0.3) is 0 Å². The van der Waals surface area contributed by atoms with Crippen molar-refractivity contribution in [2.45, 2.75) is 12.3 Å². The van der Waals surface area contributed by atoms with Gasteiger partial charge in [-0.1, -0.05) is 0 Å². The van der Waals surface area contributed by atoms with Crippen LogP contribution in [0.5, 0.6) is 11.5 Å². The smallest absolute Gasteiger partial charge is 0.418 e. The summed E-state index contributed by atoms with van der Waals surface area (Å²) in [5.41, 5.74) is -0.623. The van der Waals surface area contributed by atoms with Crippen LogP contribution in [-0.4, -0.2) is 23.5 Å². The number of benzene rings is 1. The van der Waals surface area contributed by atoms with E-state index in [4.69, 9.17) is 10.2 Å². The van der Waals surface area contributed by atoms with Crippen LogP contribution < -0.4 is 4.74 Å². The predicted octanol–water partition coefficient (Wildman–Crippen LogP) is 2.00. The first kappa shape index (κ1) is 11.6. The van der Waals surface area contributed by atoms with Gasteiger partial charge in [-0.3, -0.25) is 0 Å². The molecule has 2 N–H and O–H groups in total. The largest absolute Gasteiger partial charge is 0.508 e. The molecule has 0 fully saturated rings. The number of alkyl halides is 3. The monoisotopic (exact) mass is 222 g/mol. The molecule has 0 aliphatic rings. The molecule has 3 nitrogen and oxygen atoms in total. The molecule has 0 radical (unpaired) electrons. The lowest BCUT2D eigenvalue weighted by molar-refractivity contribution is -0.207. The molecule has 1 atom stereocenters. The van der Waals surface area contributed by atoms with E-state index in [-0.39, 0.29) is 5.75 Å². The number of aliphatic hydroxyl groups is 1. The van der Waals surface area contributed by atoms with E-state index in [0.29, 0.717) is 0 Å². The van der Waals surface area contributed by atoms with Gasteiger partial charge in [-0.15, -0.1) is 0 Å². The zero-order chi connectivity index (χ0) is 11.6. The van der Waals surface area contributed by atoms with Crippen LogP contribution in [0.4, 0.5) is 13.2 Å². The molecule has 0 aliphatic heterocycles. The van der Waals surface area contributed by atoms with E-state index < -0.39 is 23.6 Å². The summed E-state index contributed by atoms with van der Waals surface area (Å²) in [7, 11) is 1.27. The van der Waals surface area contributed by atoms with E-state index in [2.05, 4.69) is 4.74 Å². The maximum atomic E-state index is 12.1. The molecular formula is C9H9F3O3. The number of phenols is 1. The first-order chi connectivity index (χ1) is 6.86. The fraction of sp³-hybridized carbons (Fsp3) is 0.333. The first-order valence-corrected chi connectivity index (χ1v) is 3.98. The molecule has 0 amide bonds. The second-order valence-corrected chi connectivity index (χ2v) is 2.87. The summed E-state index contributed by atoms with van der Waals surface area (Å²) in [5.74, 6) is -0.494. The van der Waals surface area contributed by atoms with Crippen molar-refractivity contribution >= 4 is 0 Å². The maximum absolute atomic E-state index is 12.1. The van der Waals surface area contributed by atoms with Crippen molar-refractivity contribution in [3.8, 4) is 11.5 Å². The predicted molar refractivity (Wildman–Crippen MR) is 45.7 cm³/mol. The van der Waals surface area contributed by atoms with Crippen LogP contribution in [0, 0.1) is 0 Å². The normalized spacial score (nSPS) is 13.7. The number of aliphatic hydroxyl groups excluding tert-OH is 1. The van der Waals surface area contributed by atoms with Gasteiger partial charge >= 0.3 is 6.18 Å². The summed E-state index contributed by atoms with van der Waals surface area (Å²) < 4.78 is 41.1. The van der Waals surface area contributed by atoms with Crippen molar-refractivity contribution in [2.24, 2.45) is 0 Å². The fourth-order valence-electron chi connectivity index (χ4n) is 1.05. The summed E-state index contributed by atoms with van der Waals surface area (Å²) in [6.45, 7) is 0. The Hall–Kier alpha value is -1.43. The molecule has 1 aromatic rings. The van der Waals surface area contributed by atoms with Crippen LogP contribution >= 0.6 is 0 Å². The summed E-state index contributed by atoms with van der Waals surface area (Å²) in [6.07, 6.45) is -7.53. The van der Waals surface area contributed by atoms with Crippen LogP contribution in [0.25, 0.3) is 0 Å². The molecule has 0 aromatic heterocycles.